The number of amides is 4. The number of methoxy groups -OCH3 is 1. The number of rotatable bonds is 7. The summed E-state index contributed by atoms with van der Waals surface area (Å²) >= 11 is 0. The minimum atomic E-state index is -0.905. The van der Waals surface area contributed by atoms with Crippen molar-refractivity contribution in [2.24, 2.45) is 5.92 Å². The molecule has 2 N–H and O–H groups in total. The lowest BCUT2D eigenvalue weighted by Crippen LogP contribution is -2.49. The Hall–Kier alpha value is -3.10. The van der Waals surface area contributed by atoms with Crippen LogP contribution in [-0.4, -0.2) is 54.5 Å². The van der Waals surface area contributed by atoms with E-state index in [1.54, 1.807) is 25.3 Å². The van der Waals surface area contributed by atoms with Crippen molar-refractivity contribution in [2.75, 3.05) is 20.3 Å². The fourth-order valence-corrected chi connectivity index (χ4v) is 3.77. The maximum atomic E-state index is 12.7. The molecule has 1 spiro atoms. The van der Waals surface area contributed by atoms with Crippen LogP contribution in [0.5, 0.6) is 5.75 Å². The van der Waals surface area contributed by atoms with Gasteiger partial charge in [0.15, 0.2) is 6.61 Å². The van der Waals surface area contributed by atoms with Crippen LogP contribution in [0.15, 0.2) is 24.3 Å². The average Bonchev–Trinajstić information content (AvgIpc) is 2.97. The molecular weight excluding hydrogens is 390 g/mol. The first-order chi connectivity index (χ1) is 14.3. The molecule has 2 aliphatic rings. The van der Waals surface area contributed by atoms with Gasteiger partial charge in [0, 0.05) is 6.54 Å². The van der Waals surface area contributed by atoms with E-state index in [0.29, 0.717) is 24.5 Å². The van der Waals surface area contributed by atoms with Gasteiger partial charge in [0.1, 0.15) is 17.8 Å². The van der Waals surface area contributed by atoms with Gasteiger partial charge in [-0.25, -0.2) is 4.79 Å². The van der Waals surface area contributed by atoms with Crippen molar-refractivity contribution in [1.29, 1.82) is 0 Å². The van der Waals surface area contributed by atoms with E-state index in [-0.39, 0.29) is 12.5 Å². The molecule has 1 aromatic carbocycles. The molecule has 0 radical (unpaired) electrons. The largest absolute Gasteiger partial charge is 0.497 e. The number of carbonyl (C=O) groups excluding carboxylic acids is 4. The molecule has 1 aromatic rings. The zero-order chi connectivity index (χ0) is 21.7. The lowest BCUT2D eigenvalue weighted by molar-refractivity contribution is -0.151. The van der Waals surface area contributed by atoms with Crippen LogP contribution in [0.1, 0.15) is 38.2 Å². The minimum Gasteiger partial charge on any atom is -0.497 e. The number of imide groups is 1. The number of nitrogens with zero attached hydrogens (tertiary/aromatic N) is 1. The summed E-state index contributed by atoms with van der Waals surface area (Å²) in [5, 5.41) is 5.38. The highest BCUT2D eigenvalue weighted by Gasteiger charge is 2.52. The van der Waals surface area contributed by atoms with E-state index in [4.69, 9.17) is 9.47 Å². The Morgan fingerprint density at radius 3 is 2.70 bits per heavy atom. The molecule has 0 unspecified atom stereocenters. The van der Waals surface area contributed by atoms with Gasteiger partial charge in [-0.2, -0.15) is 0 Å². The number of urea groups is 1. The standard InChI is InChI=1S/C21H27N3O6/c1-14-6-8-21(9-7-14)19(27)24(20(28)23-21)12-18(26)30-13-17(25)22-11-15-4-3-5-16(10-15)29-2/h3-5,10,14H,6-9,11-13H2,1-2H3,(H,22,25)(H,23,28). The molecule has 1 aliphatic heterocycles. The lowest BCUT2D eigenvalue weighted by Gasteiger charge is -2.33. The maximum absolute atomic E-state index is 12.7. The number of hydrogen-bond acceptors (Lipinski definition) is 6. The van der Waals surface area contributed by atoms with Crippen LogP contribution in [0.3, 0.4) is 0 Å². The third-order valence-corrected chi connectivity index (χ3v) is 5.65. The number of esters is 1. The molecule has 9 heteroatoms. The van der Waals surface area contributed by atoms with Crippen molar-refractivity contribution in [2.45, 2.75) is 44.7 Å². The van der Waals surface area contributed by atoms with Gasteiger partial charge in [-0.15, -0.1) is 0 Å². The maximum Gasteiger partial charge on any atom is 0.326 e. The Bertz CT molecular complexity index is 832. The second-order valence-electron chi connectivity index (χ2n) is 7.88. The molecule has 30 heavy (non-hydrogen) atoms. The highest BCUT2D eigenvalue weighted by molar-refractivity contribution is 6.08. The summed E-state index contributed by atoms with van der Waals surface area (Å²) in [6.45, 7) is 1.37. The Kier molecular flexibility index (Phi) is 6.59. The van der Waals surface area contributed by atoms with E-state index in [9.17, 15) is 19.2 Å². The molecule has 0 bridgehead atoms. The van der Waals surface area contributed by atoms with Gasteiger partial charge in [0.25, 0.3) is 11.8 Å². The monoisotopic (exact) mass is 417 g/mol. The first kappa shape index (κ1) is 21.6. The molecule has 0 aromatic heterocycles. The highest BCUT2D eigenvalue weighted by atomic mass is 16.5. The fourth-order valence-electron chi connectivity index (χ4n) is 3.77. The van der Waals surface area contributed by atoms with Crippen LogP contribution in [-0.2, 0) is 25.7 Å². The second-order valence-corrected chi connectivity index (χ2v) is 7.88. The molecule has 162 valence electrons. The normalized spacial score (nSPS) is 23.3. The molecule has 2 fully saturated rings. The van der Waals surface area contributed by atoms with E-state index in [1.165, 1.54) is 0 Å². The topological polar surface area (TPSA) is 114 Å². The third kappa shape index (κ3) is 4.90. The molecule has 1 aliphatic carbocycles. The number of hydrogen-bond donors (Lipinski definition) is 2. The summed E-state index contributed by atoms with van der Waals surface area (Å²) in [6.07, 6.45) is 2.82. The average molecular weight is 417 g/mol. The molecule has 9 nitrogen and oxygen atoms in total. The van der Waals surface area contributed by atoms with E-state index in [2.05, 4.69) is 17.6 Å². The number of carbonyl (C=O) groups is 4. The summed E-state index contributed by atoms with van der Waals surface area (Å²) in [5.74, 6) is -0.502. The molecule has 1 saturated heterocycles. The smallest absolute Gasteiger partial charge is 0.326 e. The molecule has 1 saturated carbocycles. The molecule has 0 atom stereocenters. The summed E-state index contributed by atoms with van der Waals surface area (Å²) < 4.78 is 10.1. The van der Waals surface area contributed by atoms with Crippen molar-refractivity contribution in [1.82, 2.24) is 15.5 Å². The van der Waals surface area contributed by atoms with E-state index >= 15 is 0 Å². The quantitative estimate of drug-likeness (QED) is 0.511. The Morgan fingerprint density at radius 2 is 2.00 bits per heavy atom. The van der Waals surface area contributed by atoms with Gasteiger partial charge in [-0.1, -0.05) is 19.1 Å². The zero-order valence-electron chi connectivity index (χ0n) is 17.2. The van der Waals surface area contributed by atoms with E-state index < -0.39 is 36.6 Å². The van der Waals surface area contributed by atoms with Crippen LogP contribution in [0.25, 0.3) is 0 Å². The van der Waals surface area contributed by atoms with Crippen molar-refractivity contribution in [3.05, 3.63) is 29.8 Å². The predicted molar refractivity (Wildman–Crippen MR) is 106 cm³/mol. The third-order valence-electron chi connectivity index (χ3n) is 5.65. The van der Waals surface area contributed by atoms with Gasteiger partial charge < -0.3 is 20.1 Å². The summed E-state index contributed by atoms with van der Waals surface area (Å²) in [7, 11) is 1.55. The van der Waals surface area contributed by atoms with Crippen LogP contribution in [0.4, 0.5) is 4.79 Å². The Morgan fingerprint density at radius 1 is 1.27 bits per heavy atom. The van der Waals surface area contributed by atoms with Crippen LogP contribution in [0, 0.1) is 5.92 Å². The second kappa shape index (κ2) is 9.15. The van der Waals surface area contributed by atoms with Crippen molar-refractivity contribution in [3.8, 4) is 5.75 Å². The highest BCUT2D eigenvalue weighted by Crippen LogP contribution is 2.36. The van der Waals surface area contributed by atoms with Crippen molar-refractivity contribution < 1.29 is 28.7 Å². The summed E-state index contributed by atoms with van der Waals surface area (Å²) in [4.78, 5) is 49.9. The van der Waals surface area contributed by atoms with Gasteiger partial charge in [0.05, 0.1) is 7.11 Å². The fraction of sp³-hybridized carbons (Fsp3) is 0.524. The first-order valence-electron chi connectivity index (χ1n) is 10.0. The van der Waals surface area contributed by atoms with Gasteiger partial charge in [-0.3, -0.25) is 19.3 Å². The van der Waals surface area contributed by atoms with Crippen LogP contribution < -0.4 is 15.4 Å². The molecule has 4 amide bonds. The first-order valence-corrected chi connectivity index (χ1v) is 10.0. The molecular formula is C21H27N3O6. The van der Waals surface area contributed by atoms with Crippen LogP contribution >= 0.6 is 0 Å². The molecule has 1 heterocycles. The SMILES string of the molecule is COc1cccc(CNC(=O)COC(=O)CN2C(=O)NC3(CCC(C)CC3)C2=O)c1. The van der Waals surface area contributed by atoms with Crippen molar-refractivity contribution in [3.63, 3.8) is 0 Å². The Labute approximate surface area is 175 Å². The van der Waals surface area contributed by atoms with Gasteiger partial charge >= 0.3 is 12.0 Å². The summed E-state index contributed by atoms with van der Waals surface area (Å²) in [6, 6.07) is 6.62. The number of nitrogens with one attached hydrogen (secondary N) is 2. The van der Waals surface area contributed by atoms with E-state index in [1.807, 2.05) is 6.07 Å². The number of benzene rings is 1. The summed E-state index contributed by atoms with van der Waals surface area (Å²) in [5.41, 5.74) is -0.0710. The Balaban J connectivity index is 1.44. The molecule has 3 rings (SSSR count). The number of ether oxygens (including phenoxy) is 2. The zero-order valence-corrected chi connectivity index (χ0v) is 17.2. The van der Waals surface area contributed by atoms with Gasteiger partial charge in [-0.05, 0) is 49.3 Å². The lowest BCUT2D eigenvalue weighted by atomic mass is 9.77. The van der Waals surface area contributed by atoms with Gasteiger partial charge in [0.2, 0.25) is 0 Å². The predicted octanol–water partition coefficient (Wildman–Crippen LogP) is 1.36. The minimum absolute atomic E-state index is 0.252. The van der Waals surface area contributed by atoms with Crippen molar-refractivity contribution >= 4 is 23.8 Å². The van der Waals surface area contributed by atoms with Crippen LogP contribution in [0.2, 0.25) is 0 Å². The van der Waals surface area contributed by atoms with E-state index in [0.717, 1.165) is 23.3 Å².